The molecule has 27 heavy (non-hydrogen) atoms. The molecule has 0 rings (SSSR count). The molecule has 0 bridgehead atoms. The minimum Gasteiger partial charge on any atom is -0.242 e. The Morgan fingerprint density at radius 1 is 0.444 bits per heavy atom. The van der Waals surface area contributed by atoms with Gasteiger partial charge in [0.15, 0.2) is 12.1 Å². The van der Waals surface area contributed by atoms with Crippen LogP contribution in [0.5, 0.6) is 0 Å². The van der Waals surface area contributed by atoms with E-state index < -0.39 is 54.3 Å². The lowest BCUT2D eigenvalue weighted by molar-refractivity contribution is -0.415. The van der Waals surface area contributed by atoms with Gasteiger partial charge in [0.05, 0.1) is 0 Å². The highest BCUT2D eigenvalue weighted by Gasteiger charge is 2.87. The highest BCUT2D eigenvalue weighted by Crippen LogP contribution is 2.60. The van der Waals surface area contributed by atoms with Gasteiger partial charge < -0.3 is 0 Å². The summed E-state index contributed by atoms with van der Waals surface area (Å²) in [6, 6.07) is 0. The minimum absolute atomic E-state index is 6.68. The quantitative estimate of drug-likeness (QED) is 0.448. The van der Waals surface area contributed by atoms with Crippen LogP contribution in [0.3, 0.4) is 0 Å². The van der Waals surface area contributed by atoms with Gasteiger partial charge in [-0.1, -0.05) is 0 Å². The van der Waals surface area contributed by atoms with E-state index in [4.69, 9.17) is 0 Å². The summed E-state index contributed by atoms with van der Waals surface area (Å²) in [5, 5.41) is 0. The largest absolute Gasteiger partial charge is 0.459 e. The Hall–Kier alpha value is -1.26. The SMILES string of the molecule is FC([C@H](C(F)(F)F)C(F)(F)C(F)(F)C(F)(F)F)C(F)(C(F)(F)F)C(F)(F)F. The summed E-state index contributed by atoms with van der Waals surface area (Å²) in [7, 11) is 0. The van der Waals surface area contributed by atoms with Crippen LogP contribution < -0.4 is 0 Å². The lowest BCUT2D eigenvalue weighted by Gasteiger charge is -2.41. The zero-order chi connectivity index (χ0) is 22.7. The van der Waals surface area contributed by atoms with E-state index in [1.807, 2.05) is 0 Å². The standard InChI is InChI=1S/C9H2F18/c10-2(3(11,7(19,20)21)8(22,23)24)1(5(14,15)16)4(12,13)6(17,18)9(25,26)27/h1-2H/t1-,2?/m0/s1. The fraction of sp³-hybridized carbons (Fsp3) is 1.00. The Bertz CT molecular complexity index is 499. The van der Waals surface area contributed by atoms with E-state index in [1.54, 1.807) is 0 Å². The lowest BCUT2D eigenvalue weighted by Crippen LogP contribution is -2.69. The van der Waals surface area contributed by atoms with Crippen LogP contribution in [0, 0.1) is 5.92 Å². The molecule has 1 unspecified atom stereocenters. The van der Waals surface area contributed by atoms with Gasteiger partial charge >= 0.3 is 42.2 Å². The van der Waals surface area contributed by atoms with Crippen LogP contribution in [-0.2, 0) is 0 Å². The monoisotopic (exact) mass is 452 g/mol. The van der Waals surface area contributed by atoms with Crippen LogP contribution in [0.4, 0.5) is 79.0 Å². The molecule has 18 heteroatoms. The van der Waals surface area contributed by atoms with Gasteiger partial charge in [-0.2, -0.15) is 70.2 Å². The molecule has 0 aliphatic carbocycles. The summed E-state index contributed by atoms with van der Waals surface area (Å²) in [4.78, 5) is 0. The predicted molar refractivity (Wildman–Crippen MR) is 46.3 cm³/mol. The maximum Gasteiger partial charge on any atom is 0.459 e. The highest BCUT2D eigenvalue weighted by molar-refractivity contribution is 5.10. The topological polar surface area (TPSA) is 0 Å². The first-order chi connectivity index (χ1) is 11.3. The average Bonchev–Trinajstić information content (AvgIpc) is 2.30. The van der Waals surface area contributed by atoms with Crippen molar-refractivity contribution in [3.63, 3.8) is 0 Å². The molecule has 0 amide bonds. The molecule has 0 aliphatic heterocycles. The van der Waals surface area contributed by atoms with Gasteiger partial charge in [-0.15, -0.1) is 0 Å². The van der Waals surface area contributed by atoms with Gasteiger partial charge in [0, 0.05) is 0 Å². The van der Waals surface area contributed by atoms with Gasteiger partial charge in [-0.3, -0.25) is 0 Å². The van der Waals surface area contributed by atoms with Gasteiger partial charge in [-0.25, -0.2) is 8.78 Å². The number of alkyl halides is 18. The smallest absolute Gasteiger partial charge is 0.242 e. The van der Waals surface area contributed by atoms with Crippen molar-refractivity contribution in [1.29, 1.82) is 0 Å². The molecule has 0 saturated heterocycles. The second-order valence-electron chi connectivity index (χ2n) is 4.82. The molecular formula is C9H2F18. The molecular weight excluding hydrogens is 450 g/mol. The summed E-state index contributed by atoms with van der Waals surface area (Å²) >= 11 is 0. The Kier molecular flexibility index (Phi) is 6.08. The van der Waals surface area contributed by atoms with E-state index in [0.29, 0.717) is 0 Å². The lowest BCUT2D eigenvalue weighted by atomic mass is 9.81. The number of hydrogen-bond donors (Lipinski definition) is 0. The molecule has 0 radical (unpaired) electrons. The van der Waals surface area contributed by atoms with Crippen molar-refractivity contribution < 1.29 is 79.0 Å². The molecule has 0 aliphatic rings. The van der Waals surface area contributed by atoms with Crippen molar-refractivity contribution in [2.24, 2.45) is 5.92 Å². The zero-order valence-electron chi connectivity index (χ0n) is 11.5. The van der Waals surface area contributed by atoms with E-state index in [-0.39, 0.29) is 0 Å². The van der Waals surface area contributed by atoms with Crippen molar-refractivity contribution in [3.8, 4) is 0 Å². The van der Waals surface area contributed by atoms with Crippen LogP contribution in [0.25, 0.3) is 0 Å². The Balaban J connectivity index is 6.84. The fourth-order valence-electron chi connectivity index (χ4n) is 1.64. The highest BCUT2D eigenvalue weighted by atomic mass is 19.4. The maximum absolute atomic E-state index is 13.3. The number of rotatable bonds is 4. The molecule has 0 saturated carbocycles. The minimum atomic E-state index is -8.00. The maximum atomic E-state index is 13.3. The van der Waals surface area contributed by atoms with Crippen LogP contribution in [0.1, 0.15) is 0 Å². The third-order valence-electron chi connectivity index (χ3n) is 3.02. The predicted octanol–water partition coefficient (Wildman–Crippen LogP) is 6.17. The summed E-state index contributed by atoms with van der Waals surface area (Å²) in [6.45, 7) is 0. The molecule has 0 aromatic carbocycles. The summed E-state index contributed by atoms with van der Waals surface area (Å²) < 4.78 is 224. The molecule has 0 nitrogen and oxygen atoms in total. The molecule has 0 N–H and O–H groups in total. The molecule has 0 spiro atoms. The molecule has 0 fully saturated rings. The second-order valence-corrected chi connectivity index (χ2v) is 4.82. The van der Waals surface area contributed by atoms with Gasteiger partial charge in [0.2, 0.25) is 0 Å². The first kappa shape index (κ1) is 25.7. The van der Waals surface area contributed by atoms with Crippen molar-refractivity contribution in [2.45, 2.75) is 48.4 Å². The van der Waals surface area contributed by atoms with Gasteiger partial charge in [0.25, 0.3) is 0 Å². The van der Waals surface area contributed by atoms with Crippen LogP contribution in [-0.4, -0.2) is 48.4 Å². The molecule has 164 valence electrons. The van der Waals surface area contributed by atoms with Crippen molar-refractivity contribution in [2.75, 3.05) is 0 Å². The van der Waals surface area contributed by atoms with Gasteiger partial charge in [-0.05, 0) is 0 Å². The fourth-order valence-corrected chi connectivity index (χ4v) is 1.64. The number of hydrogen-bond acceptors (Lipinski definition) is 0. The van der Waals surface area contributed by atoms with Crippen molar-refractivity contribution in [1.82, 2.24) is 0 Å². The van der Waals surface area contributed by atoms with E-state index in [1.165, 1.54) is 0 Å². The third-order valence-corrected chi connectivity index (χ3v) is 3.02. The van der Waals surface area contributed by atoms with Crippen molar-refractivity contribution >= 4 is 0 Å². The number of halogens is 18. The first-order valence-electron chi connectivity index (χ1n) is 5.63. The summed E-state index contributed by atoms with van der Waals surface area (Å²) in [5.41, 5.74) is -7.86. The molecule has 2 atom stereocenters. The second kappa shape index (κ2) is 6.38. The van der Waals surface area contributed by atoms with E-state index in [2.05, 4.69) is 0 Å². The molecule has 0 aromatic heterocycles. The Morgan fingerprint density at radius 3 is 0.926 bits per heavy atom. The average molecular weight is 452 g/mol. The Morgan fingerprint density at radius 2 is 0.741 bits per heavy atom. The third kappa shape index (κ3) is 3.97. The zero-order valence-corrected chi connectivity index (χ0v) is 11.5. The Labute approximate surface area is 135 Å². The van der Waals surface area contributed by atoms with Crippen molar-refractivity contribution in [3.05, 3.63) is 0 Å². The normalized spacial score (nSPS) is 18.4. The molecule has 0 aromatic rings. The van der Waals surface area contributed by atoms with Crippen LogP contribution in [0.15, 0.2) is 0 Å². The van der Waals surface area contributed by atoms with E-state index >= 15 is 0 Å². The summed E-state index contributed by atoms with van der Waals surface area (Å²) in [5.74, 6) is -22.7. The van der Waals surface area contributed by atoms with Crippen LogP contribution >= 0.6 is 0 Å². The van der Waals surface area contributed by atoms with E-state index in [9.17, 15) is 79.0 Å². The van der Waals surface area contributed by atoms with E-state index in [0.717, 1.165) is 0 Å². The molecule has 0 heterocycles. The first-order valence-corrected chi connectivity index (χ1v) is 5.63. The summed E-state index contributed by atoms with van der Waals surface area (Å²) in [6.07, 6.45) is -37.6. The van der Waals surface area contributed by atoms with Gasteiger partial charge in [0.1, 0.15) is 0 Å². The van der Waals surface area contributed by atoms with Crippen LogP contribution in [0.2, 0.25) is 0 Å².